The Labute approximate surface area is 147 Å². The molecule has 0 aliphatic heterocycles. The van der Waals surface area contributed by atoms with E-state index < -0.39 is 22.0 Å². The molecule has 134 valence electrons. The van der Waals surface area contributed by atoms with Crippen LogP contribution < -0.4 is 4.72 Å². The van der Waals surface area contributed by atoms with Crippen molar-refractivity contribution in [3.05, 3.63) is 29.8 Å². The van der Waals surface area contributed by atoms with Crippen LogP contribution in [0.1, 0.15) is 37.6 Å². The Morgan fingerprint density at radius 2 is 1.79 bits per heavy atom. The van der Waals surface area contributed by atoms with E-state index in [0.29, 0.717) is 17.7 Å². The summed E-state index contributed by atoms with van der Waals surface area (Å²) in [6.45, 7) is 4.82. The van der Waals surface area contributed by atoms with Crippen LogP contribution in [-0.2, 0) is 19.6 Å². The number of hydrogen-bond donors (Lipinski definition) is 1. The number of ether oxygens (including phenoxy) is 1. The van der Waals surface area contributed by atoms with Crippen molar-refractivity contribution in [2.45, 2.75) is 44.2 Å². The maximum Gasteiger partial charge on any atom is 0.324 e. The van der Waals surface area contributed by atoms with Gasteiger partial charge in [0.05, 0.1) is 11.0 Å². The van der Waals surface area contributed by atoms with Crippen LogP contribution in [0.25, 0.3) is 0 Å². The quantitative estimate of drug-likeness (QED) is 0.527. The summed E-state index contributed by atoms with van der Waals surface area (Å²) in [5.74, 6) is -0.128. The summed E-state index contributed by atoms with van der Waals surface area (Å²) >= 11 is 1.51. The van der Waals surface area contributed by atoms with Crippen LogP contribution in [0.15, 0.2) is 29.2 Å². The molecule has 8 heteroatoms. The second kappa shape index (κ2) is 9.19. The van der Waals surface area contributed by atoms with E-state index in [9.17, 15) is 18.0 Å². The first kappa shape index (κ1) is 20.7. The largest absolute Gasteiger partial charge is 0.462 e. The molecule has 1 aromatic carbocycles. The van der Waals surface area contributed by atoms with Gasteiger partial charge in [0.15, 0.2) is 5.78 Å². The Morgan fingerprint density at radius 3 is 2.25 bits per heavy atom. The predicted molar refractivity (Wildman–Crippen MR) is 94.8 cm³/mol. The van der Waals surface area contributed by atoms with Gasteiger partial charge in [0.25, 0.3) is 0 Å². The molecule has 24 heavy (non-hydrogen) atoms. The van der Waals surface area contributed by atoms with Crippen molar-refractivity contribution in [3.63, 3.8) is 0 Å². The third kappa shape index (κ3) is 6.26. The molecule has 0 radical (unpaired) electrons. The number of esters is 1. The van der Waals surface area contributed by atoms with Gasteiger partial charge in [0.2, 0.25) is 10.0 Å². The summed E-state index contributed by atoms with van der Waals surface area (Å²) in [5, 5.41) is 0. The van der Waals surface area contributed by atoms with Gasteiger partial charge in [-0.1, -0.05) is 12.1 Å². The molecular formula is C16H23NO5S2. The number of carbonyl (C=O) groups excluding carboxylic acids is 2. The first-order valence-corrected chi connectivity index (χ1v) is 10.4. The fourth-order valence-electron chi connectivity index (χ4n) is 1.90. The highest BCUT2D eigenvalue weighted by atomic mass is 32.2. The summed E-state index contributed by atoms with van der Waals surface area (Å²) < 4.78 is 32.5. The SMILES string of the molecule is CSCCC(NS(=O)(=O)c1ccc(C(C)=O)cc1)C(=O)OC(C)C. The molecule has 0 aromatic heterocycles. The van der Waals surface area contributed by atoms with Crippen LogP contribution in [0.5, 0.6) is 0 Å². The molecule has 0 aliphatic rings. The zero-order valence-corrected chi connectivity index (χ0v) is 15.9. The molecule has 0 fully saturated rings. The maximum atomic E-state index is 12.5. The van der Waals surface area contributed by atoms with Gasteiger partial charge in [-0.15, -0.1) is 0 Å². The second-order valence-corrected chi connectivity index (χ2v) is 8.22. The van der Waals surface area contributed by atoms with Crippen molar-refractivity contribution in [2.24, 2.45) is 0 Å². The van der Waals surface area contributed by atoms with Gasteiger partial charge < -0.3 is 4.74 Å². The molecule has 0 saturated heterocycles. The molecule has 6 nitrogen and oxygen atoms in total. The summed E-state index contributed by atoms with van der Waals surface area (Å²) in [4.78, 5) is 23.4. The number of rotatable bonds is 9. The molecule has 0 amide bonds. The fourth-order valence-corrected chi connectivity index (χ4v) is 3.59. The van der Waals surface area contributed by atoms with Crippen molar-refractivity contribution < 1.29 is 22.7 Å². The van der Waals surface area contributed by atoms with Crippen molar-refractivity contribution >= 4 is 33.5 Å². The van der Waals surface area contributed by atoms with Crippen LogP contribution in [0.2, 0.25) is 0 Å². The average molecular weight is 373 g/mol. The van der Waals surface area contributed by atoms with Crippen LogP contribution in [-0.4, -0.2) is 44.3 Å². The van der Waals surface area contributed by atoms with E-state index in [1.54, 1.807) is 13.8 Å². The molecule has 0 heterocycles. The molecule has 0 spiro atoms. The van der Waals surface area contributed by atoms with Gasteiger partial charge in [-0.2, -0.15) is 16.5 Å². The molecule has 1 rings (SSSR count). The van der Waals surface area contributed by atoms with E-state index in [1.165, 1.54) is 43.0 Å². The van der Waals surface area contributed by atoms with Gasteiger partial charge in [-0.3, -0.25) is 9.59 Å². The van der Waals surface area contributed by atoms with E-state index >= 15 is 0 Å². The monoisotopic (exact) mass is 373 g/mol. The Hall–Kier alpha value is -1.38. The lowest BCUT2D eigenvalue weighted by atomic mass is 10.2. The summed E-state index contributed by atoms with van der Waals surface area (Å²) in [5.41, 5.74) is 0.423. The average Bonchev–Trinajstić information content (AvgIpc) is 2.50. The van der Waals surface area contributed by atoms with Gasteiger partial charge in [-0.25, -0.2) is 8.42 Å². The van der Waals surface area contributed by atoms with Crippen molar-refractivity contribution in [1.82, 2.24) is 4.72 Å². The minimum atomic E-state index is -3.88. The molecule has 0 bridgehead atoms. The number of thioether (sulfide) groups is 1. The minimum Gasteiger partial charge on any atom is -0.462 e. The standard InChI is InChI=1S/C16H23NO5S2/c1-11(2)22-16(19)15(9-10-23-4)17-24(20,21)14-7-5-13(6-8-14)12(3)18/h5-8,11,15,17H,9-10H2,1-4H3. The minimum absolute atomic E-state index is 0.000927. The summed E-state index contributed by atoms with van der Waals surface area (Å²) in [6.07, 6.45) is 1.88. The van der Waals surface area contributed by atoms with E-state index in [4.69, 9.17) is 4.74 Å². The van der Waals surface area contributed by atoms with E-state index in [1.807, 2.05) is 6.26 Å². The zero-order chi connectivity index (χ0) is 18.3. The Kier molecular flexibility index (Phi) is 7.92. The van der Waals surface area contributed by atoms with Crippen molar-refractivity contribution in [1.29, 1.82) is 0 Å². The smallest absolute Gasteiger partial charge is 0.324 e. The third-order valence-electron chi connectivity index (χ3n) is 3.12. The number of sulfonamides is 1. The lowest BCUT2D eigenvalue weighted by Gasteiger charge is -2.19. The highest BCUT2D eigenvalue weighted by molar-refractivity contribution is 7.98. The van der Waals surface area contributed by atoms with Gasteiger partial charge >= 0.3 is 5.97 Å². The normalized spacial score (nSPS) is 12.9. The summed E-state index contributed by atoms with van der Waals surface area (Å²) in [7, 11) is -3.88. The molecule has 1 atom stereocenters. The zero-order valence-electron chi connectivity index (χ0n) is 14.2. The van der Waals surface area contributed by atoms with Crippen LogP contribution in [0, 0.1) is 0 Å². The lowest BCUT2D eigenvalue weighted by Crippen LogP contribution is -2.42. The van der Waals surface area contributed by atoms with E-state index in [2.05, 4.69) is 4.72 Å². The van der Waals surface area contributed by atoms with E-state index in [-0.39, 0.29) is 16.8 Å². The first-order valence-electron chi connectivity index (χ1n) is 7.50. The topological polar surface area (TPSA) is 89.5 Å². The summed E-state index contributed by atoms with van der Waals surface area (Å²) in [6, 6.07) is 4.63. The number of ketones is 1. The van der Waals surface area contributed by atoms with Gasteiger partial charge in [0.1, 0.15) is 6.04 Å². The van der Waals surface area contributed by atoms with Crippen LogP contribution in [0.3, 0.4) is 0 Å². The molecule has 1 N–H and O–H groups in total. The Bertz CT molecular complexity index is 668. The Balaban J connectivity index is 2.96. The van der Waals surface area contributed by atoms with Crippen molar-refractivity contribution in [3.8, 4) is 0 Å². The second-order valence-electron chi connectivity index (χ2n) is 5.52. The highest BCUT2D eigenvalue weighted by Gasteiger charge is 2.27. The first-order chi connectivity index (χ1) is 11.2. The molecule has 0 saturated carbocycles. The van der Waals surface area contributed by atoms with Gasteiger partial charge in [0, 0.05) is 5.56 Å². The predicted octanol–water partition coefficient (Wildman–Crippen LogP) is 2.24. The number of carbonyl (C=O) groups is 2. The molecule has 1 aromatic rings. The number of Topliss-reactive ketones (excluding diaryl/α,β-unsaturated/α-hetero) is 1. The number of benzene rings is 1. The highest BCUT2D eigenvalue weighted by Crippen LogP contribution is 2.14. The van der Waals surface area contributed by atoms with E-state index in [0.717, 1.165) is 0 Å². The van der Waals surface area contributed by atoms with Gasteiger partial charge in [-0.05, 0) is 51.3 Å². The molecular weight excluding hydrogens is 350 g/mol. The van der Waals surface area contributed by atoms with Crippen molar-refractivity contribution in [2.75, 3.05) is 12.0 Å². The number of nitrogens with one attached hydrogen (secondary N) is 1. The fraction of sp³-hybridized carbons (Fsp3) is 0.500. The Morgan fingerprint density at radius 1 is 1.21 bits per heavy atom. The third-order valence-corrected chi connectivity index (χ3v) is 5.25. The lowest BCUT2D eigenvalue weighted by molar-refractivity contribution is -0.149. The molecule has 0 aliphatic carbocycles. The molecule has 1 unspecified atom stereocenters. The maximum absolute atomic E-state index is 12.5. The number of hydrogen-bond acceptors (Lipinski definition) is 6. The van der Waals surface area contributed by atoms with Crippen LogP contribution >= 0.6 is 11.8 Å². The van der Waals surface area contributed by atoms with Crippen LogP contribution in [0.4, 0.5) is 0 Å².